The van der Waals surface area contributed by atoms with Crippen molar-refractivity contribution >= 4 is 16.8 Å². The largest absolute Gasteiger partial charge is 0.361 e. The Hall–Kier alpha value is -2.83. The van der Waals surface area contributed by atoms with E-state index < -0.39 is 0 Å². The van der Waals surface area contributed by atoms with Gasteiger partial charge in [-0.3, -0.25) is 9.78 Å². The molecule has 23 heavy (non-hydrogen) atoms. The topological polar surface area (TPSA) is 106 Å². The highest BCUT2D eigenvalue weighted by molar-refractivity contribution is 5.83. The minimum absolute atomic E-state index is 0.0545. The van der Waals surface area contributed by atoms with Crippen LogP contribution >= 0.6 is 0 Å². The van der Waals surface area contributed by atoms with Crippen LogP contribution in [-0.4, -0.2) is 26.1 Å². The molecule has 1 amide bonds. The fourth-order valence-corrected chi connectivity index (χ4v) is 2.65. The number of amides is 1. The molecule has 0 aliphatic rings. The molecule has 0 fully saturated rings. The lowest BCUT2D eigenvalue weighted by molar-refractivity contribution is -0.121. The first-order valence-electron chi connectivity index (χ1n) is 7.62. The summed E-state index contributed by atoms with van der Waals surface area (Å²) < 4.78 is 0. The number of rotatable bonds is 6. The Morgan fingerprint density at radius 1 is 1.35 bits per heavy atom. The fraction of sp³-hybridized carbons (Fsp3) is 0.312. The number of aryl methyl sites for hydroxylation is 1. The normalized spacial score (nSPS) is 12.4. The predicted octanol–water partition coefficient (Wildman–Crippen LogP) is 1.78. The van der Waals surface area contributed by atoms with E-state index in [0.29, 0.717) is 12.2 Å². The van der Waals surface area contributed by atoms with Crippen LogP contribution in [0, 0.1) is 0 Å². The van der Waals surface area contributed by atoms with Gasteiger partial charge in [0.15, 0.2) is 5.82 Å². The molecule has 0 saturated carbocycles. The quantitative estimate of drug-likeness (QED) is 0.557. The summed E-state index contributed by atoms with van der Waals surface area (Å²) in [5.41, 5.74) is 1.96. The number of hydrogen-bond donors (Lipinski definition) is 4. The number of nitrogens with zero attached hydrogens (tertiary/aromatic N) is 1. The molecule has 0 aliphatic heterocycles. The fourth-order valence-electron chi connectivity index (χ4n) is 2.65. The van der Waals surface area contributed by atoms with E-state index in [1.165, 1.54) is 10.9 Å². The molecular weight excluding hydrogens is 294 g/mol. The van der Waals surface area contributed by atoms with E-state index in [4.69, 9.17) is 0 Å². The number of para-hydroxylation sites is 1. The van der Waals surface area contributed by atoms with E-state index in [1.807, 2.05) is 24.4 Å². The van der Waals surface area contributed by atoms with Gasteiger partial charge >= 0.3 is 5.69 Å². The molecule has 0 aliphatic carbocycles. The molecule has 0 radical (unpaired) electrons. The number of aromatic amines is 3. The van der Waals surface area contributed by atoms with Gasteiger partial charge in [-0.15, -0.1) is 0 Å². The van der Waals surface area contributed by atoms with Crippen molar-refractivity contribution in [3.63, 3.8) is 0 Å². The van der Waals surface area contributed by atoms with E-state index in [1.54, 1.807) is 6.92 Å². The minimum atomic E-state index is -0.375. The van der Waals surface area contributed by atoms with E-state index in [9.17, 15) is 9.59 Å². The van der Waals surface area contributed by atoms with Crippen LogP contribution in [0.25, 0.3) is 10.9 Å². The smallest absolute Gasteiger partial charge is 0.340 e. The van der Waals surface area contributed by atoms with Crippen LogP contribution in [0.1, 0.15) is 37.2 Å². The van der Waals surface area contributed by atoms with Gasteiger partial charge in [-0.25, -0.2) is 9.89 Å². The molecule has 1 atom stereocenters. The molecule has 1 aromatic carbocycles. The third kappa shape index (κ3) is 3.50. The van der Waals surface area contributed by atoms with Crippen molar-refractivity contribution in [3.8, 4) is 0 Å². The van der Waals surface area contributed by atoms with Crippen LogP contribution in [0.4, 0.5) is 0 Å². The Labute approximate surface area is 132 Å². The number of nitrogens with one attached hydrogen (secondary N) is 4. The van der Waals surface area contributed by atoms with Gasteiger partial charge in [0.1, 0.15) is 0 Å². The molecule has 2 heterocycles. The zero-order valence-electron chi connectivity index (χ0n) is 12.8. The van der Waals surface area contributed by atoms with Crippen molar-refractivity contribution < 1.29 is 4.79 Å². The number of H-pyrrole nitrogens is 3. The maximum atomic E-state index is 12.0. The number of aromatic nitrogens is 4. The molecule has 2 aromatic heterocycles. The lowest BCUT2D eigenvalue weighted by Gasteiger charge is -2.10. The summed E-state index contributed by atoms with van der Waals surface area (Å²) in [6.07, 6.45) is 4.03. The Balaban J connectivity index is 1.50. The predicted molar refractivity (Wildman–Crippen MR) is 87.0 cm³/mol. The van der Waals surface area contributed by atoms with Gasteiger partial charge < -0.3 is 10.3 Å². The van der Waals surface area contributed by atoms with Gasteiger partial charge in [-0.2, -0.15) is 5.10 Å². The first kappa shape index (κ1) is 15.1. The second-order valence-electron chi connectivity index (χ2n) is 5.57. The van der Waals surface area contributed by atoms with Crippen LogP contribution in [-0.2, 0) is 11.2 Å². The molecule has 7 nitrogen and oxygen atoms in total. The van der Waals surface area contributed by atoms with Crippen molar-refractivity contribution in [2.45, 2.75) is 32.2 Å². The third-order valence-electron chi connectivity index (χ3n) is 3.83. The number of hydrogen-bond acceptors (Lipinski definition) is 3. The summed E-state index contributed by atoms with van der Waals surface area (Å²) >= 11 is 0. The standard InChI is InChI=1S/C16H19N5O2/c1-10(15-19-16(23)21-20-15)18-14(22)8-4-5-11-9-17-13-7-3-2-6-12(11)13/h2-3,6-7,9-10,17H,4-5,8H2,1H3,(H,18,22)(H2,19,20,21,23). The average Bonchev–Trinajstić information content (AvgIpc) is 3.14. The molecular formula is C16H19N5O2. The summed E-state index contributed by atoms with van der Waals surface area (Å²) in [7, 11) is 0. The molecule has 0 spiro atoms. The maximum Gasteiger partial charge on any atom is 0.340 e. The minimum Gasteiger partial charge on any atom is -0.361 e. The van der Waals surface area contributed by atoms with E-state index in [-0.39, 0.29) is 17.6 Å². The second kappa shape index (κ2) is 6.51. The van der Waals surface area contributed by atoms with Crippen molar-refractivity contribution in [2.75, 3.05) is 0 Å². The van der Waals surface area contributed by atoms with Crippen LogP contribution in [0.2, 0.25) is 0 Å². The molecule has 3 rings (SSSR count). The number of carbonyl (C=O) groups is 1. The van der Waals surface area contributed by atoms with Gasteiger partial charge in [0.25, 0.3) is 0 Å². The van der Waals surface area contributed by atoms with Gasteiger partial charge in [0.2, 0.25) is 5.91 Å². The van der Waals surface area contributed by atoms with Crippen LogP contribution < -0.4 is 11.0 Å². The van der Waals surface area contributed by atoms with Crippen molar-refractivity contribution in [3.05, 3.63) is 52.3 Å². The highest BCUT2D eigenvalue weighted by Gasteiger charge is 2.12. The molecule has 3 aromatic rings. The third-order valence-corrected chi connectivity index (χ3v) is 3.83. The zero-order valence-corrected chi connectivity index (χ0v) is 12.8. The second-order valence-corrected chi connectivity index (χ2v) is 5.57. The molecule has 4 N–H and O–H groups in total. The van der Waals surface area contributed by atoms with Crippen LogP contribution in [0.5, 0.6) is 0 Å². The summed E-state index contributed by atoms with van der Waals surface area (Å²) in [4.78, 5) is 28.8. The summed E-state index contributed by atoms with van der Waals surface area (Å²) in [6.45, 7) is 1.78. The Morgan fingerprint density at radius 2 is 2.17 bits per heavy atom. The van der Waals surface area contributed by atoms with Crippen molar-refractivity contribution in [2.24, 2.45) is 0 Å². The molecule has 120 valence electrons. The van der Waals surface area contributed by atoms with Gasteiger partial charge in [0.05, 0.1) is 6.04 Å². The Bertz CT molecular complexity index is 860. The molecule has 1 unspecified atom stereocenters. The summed E-state index contributed by atoms with van der Waals surface area (Å²) in [5.74, 6) is 0.376. The number of fused-ring (bicyclic) bond motifs is 1. The molecule has 0 bridgehead atoms. The van der Waals surface area contributed by atoms with E-state index in [0.717, 1.165) is 18.4 Å². The molecule has 7 heteroatoms. The van der Waals surface area contributed by atoms with Gasteiger partial charge in [-0.05, 0) is 31.4 Å². The monoisotopic (exact) mass is 313 g/mol. The maximum absolute atomic E-state index is 12.0. The average molecular weight is 313 g/mol. The number of benzene rings is 1. The highest BCUT2D eigenvalue weighted by atomic mass is 16.2. The molecule has 0 saturated heterocycles. The first-order valence-corrected chi connectivity index (χ1v) is 7.62. The van der Waals surface area contributed by atoms with E-state index in [2.05, 4.69) is 31.5 Å². The SMILES string of the molecule is CC(NC(=O)CCCc1c[nH]c2ccccc12)c1n[nH]c(=O)[nH]1. The van der Waals surface area contributed by atoms with Gasteiger partial charge in [-0.1, -0.05) is 18.2 Å². The van der Waals surface area contributed by atoms with Crippen LogP contribution in [0.3, 0.4) is 0 Å². The lowest BCUT2D eigenvalue weighted by Crippen LogP contribution is -2.27. The van der Waals surface area contributed by atoms with Crippen molar-refractivity contribution in [1.29, 1.82) is 0 Å². The summed E-state index contributed by atoms with van der Waals surface area (Å²) in [6, 6.07) is 7.81. The zero-order chi connectivity index (χ0) is 16.2. The Morgan fingerprint density at radius 3 is 2.96 bits per heavy atom. The first-order chi connectivity index (χ1) is 11.1. The van der Waals surface area contributed by atoms with E-state index >= 15 is 0 Å². The van der Waals surface area contributed by atoms with Gasteiger partial charge in [0, 0.05) is 23.5 Å². The summed E-state index contributed by atoms with van der Waals surface area (Å²) in [5, 5.41) is 10.1. The van der Waals surface area contributed by atoms with Crippen LogP contribution in [0.15, 0.2) is 35.3 Å². The Kier molecular flexibility index (Phi) is 4.27. The number of carbonyl (C=O) groups excluding carboxylic acids is 1. The van der Waals surface area contributed by atoms with Crippen molar-refractivity contribution in [1.82, 2.24) is 25.5 Å². The highest BCUT2D eigenvalue weighted by Crippen LogP contribution is 2.19. The lowest BCUT2D eigenvalue weighted by atomic mass is 10.1.